The Morgan fingerprint density at radius 2 is 1.75 bits per heavy atom. The van der Waals surface area contributed by atoms with Crippen molar-refractivity contribution in [2.24, 2.45) is 0 Å². The number of carbonyl (C=O) groups excluding carboxylic acids is 2. The normalized spacial score (nSPS) is 9.75. The van der Waals surface area contributed by atoms with E-state index in [9.17, 15) is 9.59 Å². The second-order valence-electron chi connectivity index (χ2n) is 2.80. The predicted octanol–water partition coefficient (Wildman–Crippen LogP) is 2.68. The molecule has 0 bridgehead atoms. The van der Waals surface area contributed by atoms with Gasteiger partial charge in [0.25, 0.3) is 0 Å². The number of halogens is 2. The molecule has 4 nitrogen and oxygen atoms in total. The largest absolute Gasteiger partial charge is 0.465 e. The molecule has 0 amide bonds. The fourth-order valence-electron chi connectivity index (χ4n) is 1.11. The zero-order chi connectivity index (χ0) is 12.3. The lowest BCUT2D eigenvalue weighted by Gasteiger charge is -2.07. The Morgan fingerprint density at radius 1 is 1.19 bits per heavy atom. The second kappa shape index (κ2) is 5.32. The van der Waals surface area contributed by atoms with Crippen LogP contribution in [-0.2, 0) is 9.47 Å². The smallest absolute Gasteiger partial charge is 0.340 e. The Balaban J connectivity index is 3.28. The molecular formula is C10H8BrClO4. The minimum atomic E-state index is -0.576. The molecule has 1 aromatic rings. The van der Waals surface area contributed by atoms with E-state index in [0.29, 0.717) is 4.47 Å². The van der Waals surface area contributed by atoms with Crippen LogP contribution in [0.15, 0.2) is 16.6 Å². The van der Waals surface area contributed by atoms with Crippen molar-refractivity contribution in [1.82, 2.24) is 0 Å². The monoisotopic (exact) mass is 306 g/mol. The molecule has 0 aliphatic carbocycles. The van der Waals surface area contributed by atoms with Gasteiger partial charge in [-0.05, 0) is 28.1 Å². The third kappa shape index (κ3) is 2.54. The summed E-state index contributed by atoms with van der Waals surface area (Å²) in [6.07, 6.45) is 0. The maximum Gasteiger partial charge on any atom is 0.340 e. The number of rotatable bonds is 2. The summed E-state index contributed by atoms with van der Waals surface area (Å²) in [6.45, 7) is 0. The summed E-state index contributed by atoms with van der Waals surface area (Å²) in [7, 11) is 2.51. The first kappa shape index (κ1) is 13.0. The summed E-state index contributed by atoms with van der Waals surface area (Å²) in [5, 5.41) is 0.127. The van der Waals surface area contributed by atoms with Gasteiger partial charge in [0.1, 0.15) is 0 Å². The maximum atomic E-state index is 11.4. The number of methoxy groups -OCH3 is 2. The van der Waals surface area contributed by atoms with Crippen molar-refractivity contribution in [3.63, 3.8) is 0 Å². The Hall–Kier alpha value is -1.07. The molecule has 0 aliphatic rings. The first-order valence-corrected chi connectivity index (χ1v) is 5.34. The molecule has 0 unspecified atom stereocenters. The van der Waals surface area contributed by atoms with Gasteiger partial charge in [-0.2, -0.15) is 0 Å². The predicted molar refractivity (Wildman–Crippen MR) is 61.8 cm³/mol. The van der Waals surface area contributed by atoms with Crippen LogP contribution in [0.1, 0.15) is 20.7 Å². The quantitative estimate of drug-likeness (QED) is 0.788. The van der Waals surface area contributed by atoms with E-state index in [0.717, 1.165) is 0 Å². The second-order valence-corrected chi connectivity index (χ2v) is 4.06. The molecule has 0 aliphatic heterocycles. The molecule has 6 heteroatoms. The van der Waals surface area contributed by atoms with Crippen molar-refractivity contribution in [2.75, 3.05) is 14.2 Å². The molecule has 0 spiro atoms. The van der Waals surface area contributed by atoms with Gasteiger partial charge in [0.2, 0.25) is 0 Å². The molecule has 1 aromatic carbocycles. The molecule has 0 aromatic heterocycles. The number of hydrogen-bond acceptors (Lipinski definition) is 4. The number of esters is 2. The molecular weight excluding hydrogens is 299 g/mol. The molecule has 0 saturated heterocycles. The van der Waals surface area contributed by atoms with E-state index >= 15 is 0 Å². The Morgan fingerprint density at radius 3 is 2.19 bits per heavy atom. The van der Waals surface area contributed by atoms with Crippen LogP contribution in [0, 0.1) is 0 Å². The van der Waals surface area contributed by atoms with Crippen molar-refractivity contribution < 1.29 is 19.1 Å². The number of ether oxygens (including phenoxy) is 2. The lowest BCUT2D eigenvalue weighted by atomic mass is 10.1. The van der Waals surface area contributed by atoms with E-state index in [1.165, 1.54) is 26.4 Å². The maximum absolute atomic E-state index is 11.4. The Bertz CT molecular complexity index is 421. The molecule has 0 N–H and O–H groups in total. The van der Waals surface area contributed by atoms with Crippen LogP contribution in [0.25, 0.3) is 0 Å². The van der Waals surface area contributed by atoms with E-state index in [2.05, 4.69) is 25.4 Å². The summed E-state index contributed by atoms with van der Waals surface area (Å²) < 4.78 is 9.48. The molecule has 0 fully saturated rings. The van der Waals surface area contributed by atoms with E-state index in [1.807, 2.05) is 0 Å². The third-order valence-corrected chi connectivity index (χ3v) is 2.78. The first-order valence-electron chi connectivity index (χ1n) is 4.17. The standard InChI is InChI=1S/C10H8BrClO4/c1-15-9(13)5-3-6(11)8(7(12)4-5)10(14)16-2/h3-4H,1-2H3. The topological polar surface area (TPSA) is 52.6 Å². The van der Waals surface area contributed by atoms with Crippen LogP contribution in [-0.4, -0.2) is 26.2 Å². The zero-order valence-corrected chi connectivity index (χ0v) is 10.9. The van der Waals surface area contributed by atoms with Crippen molar-refractivity contribution >= 4 is 39.5 Å². The van der Waals surface area contributed by atoms with Gasteiger partial charge in [-0.25, -0.2) is 9.59 Å². The minimum absolute atomic E-state index is 0.127. The van der Waals surface area contributed by atoms with Gasteiger partial charge < -0.3 is 9.47 Å². The van der Waals surface area contributed by atoms with Crippen molar-refractivity contribution in [3.8, 4) is 0 Å². The van der Waals surface area contributed by atoms with E-state index < -0.39 is 11.9 Å². The minimum Gasteiger partial charge on any atom is -0.465 e. The van der Waals surface area contributed by atoms with Gasteiger partial charge >= 0.3 is 11.9 Å². The molecule has 0 heterocycles. The van der Waals surface area contributed by atoms with Crippen LogP contribution in [0.4, 0.5) is 0 Å². The van der Waals surface area contributed by atoms with Crippen LogP contribution in [0.5, 0.6) is 0 Å². The van der Waals surface area contributed by atoms with Gasteiger partial charge in [0.15, 0.2) is 0 Å². The van der Waals surface area contributed by atoms with E-state index in [-0.39, 0.29) is 16.1 Å². The molecule has 0 saturated carbocycles. The van der Waals surface area contributed by atoms with Crippen LogP contribution in [0.2, 0.25) is 5.02 Å². The fraction of sp³-hybridized carbons (Fsp3) is 0.200. The fourth-order valence-corrected chi connectivity index (χ4v) is 2.14. The van der Waals surface area contributed by atoms with Gasteiger partial charge in [-0.15, -0.1) is 0 Å². The molecule has 16 heavy (non-hydrogen) atoms. The highest BCUT2D eigenvalue weighted by Crippen LogP contribution is 2.27. The summed E-state index contributed by atoms with van der Waals surface area (Å²) in [5.41, 5.74) is 0.434. The zero-order valence-electron chi connectivity index (χ0n) is 8.54. The number of carbonyl (C=O) groups is 2. The van der Waals surface area contributed by atoms with Gasteiger partial charge in [0.05, 0.1) is 30.4 Å². The average Bonchev–Trinajstić information content (AvgIpc) is 2.26. The molecule has 86 valence electrons. The summed E-state index contributed by atoms with van der Waals surface area (Å²) >= 11 is 9.01. The van der Waals surface area contributed by atoms with Crippen LogP contribution in [0.3, 0.4) is 0 Å². The first-order chi connectivity index (χ1) is 7.51. The van der Waals surface area contributed by atoms with E-state index in [4.69, 9.17) is 11.6 Å². The summed E-state index contributed by atoms with van der Waals surface area (Å²) in [5.74, 6) is -1.10. The molecule has 1 rings (SSSR count). The lowest BCUT2D eigenvalue weighted by molar-refractivity contribution is 0.0586. The highest BCUT2D eigenvalue weighted by molar-refractivity contribution is 9.10. The third-order valence-electron chi connectivity index (χ3n) is 1.85. The summed E-state index contributed by atoms with van der Waals surface area (Å²) in [4.78, 5) is 22.6. The Kier molecular flexibility index (Phi) is 4.32. The number of hydrogen-bond donors (Lipinski definition) is 0. The van der Waals surface area contributed by atoms with Crippen molar-refractivity contribution in [1.29, 1.82) is 0 Å². The number of benzene rings is 1. The Labute approximate surface area is 106 Å². The SMILES string of the molecule is COC(=O)c1cc(Cl)c(C(=O)OC)c(Br)c1. The van der Waals surface area contributed by atoms with Crippen LogP contribution < -0.4 is 0 Å². The van der Waals surface area contributed by atoms with Crippen molar-refractivity contribution in [2.45, 2.75) is 0 Å². The lowest BCUT2D eigenvalue weighted by Crippen LogP contribution is -2.07. The highest BCUT2D eigenvalue weighted by atomic mass is 79.9. The van der Waals surface area contributed by atoms with Crippen LogP contribution >= 0.6 is 27.5 Å². The van der Waals surface area contributed by atoms with Gasteiger partial charge in [0, 0.05) is 4.47 Å². The van der Waals surface area contributed by atoms with Gasteiger partial charge in [-0.3, -0.25) is 0 Å². The highest BCUT2D eigenvalue weighted by Gasteiger charge is 2.18. The van der Waals surface area contributed by atoms with E-state index in [1.54, 1.807) is 0 Å². The average molecular weight is 308 g/mol. The molecule has 0 atom stereocenters. The summed E-state index contributed by atoms with van der Waals surface area (Å²) in [6, 6.07) is 2.80. The molecule has 0 radical (unpaired) electrons. The van der Waals surface area contributed by atoms with Gasteiger partial charge in [-0.1, -0.05) is 11.6 Å². The van der Waals surface area contributed by atoms with Crippen molar-refractivity contribution in [3.05, 3.63) is 32.8 Å².